The van der Waals surface area contributed by atoms with Gasteiger partial charge in [0.05, 0.1) is 33.2 Å². The first-order valence-corrected chi connectivity index (χ1v) is 14.7. The topological polar surface area (TPSA) is 32.0 Å². The predicted octanol–water partition coefficient (Wildman–Crippen LogP) is 9.85. The fraction of sp³-hybridized carbons (Fsp3) is 0.0541. The molecule has 1 aliphatic heterocycles. The number of nitrogens with zero attached hydrogens (tertiary/aromatic N) is 3. The highest BCUT2D eigenvalue weighted by atomic mass is 32.1. The number of para-hydroxylation sites is 3. The standard InChI is InChI=1S/C37H25N3S/c38-24-25-10-7-12-26-11-1-4-16-30(26)39(23-22-25)34-20-8-15-29-36-33(19-9-21-35(36)41-37(29)34)40-31-17-5-2-13-27(31)28-14-3-6-18-32(28)40/h1-11,13-22H,12,23H2. The van der Waals surface area contributed by atoms with Crippen molar-refractivity contribution >= 4 is 64.7 Å². The third kappa shape index (κ3) is 3.71. The molecule has 41 heavy (non-hydrogen) atoms. The lowest BCUT2D eigenvalue weighted by atomic mass is 10.1. The van der Waals surface area contributed by atoms with E-state index >= 15 is 0 Å². The lowest BCUT2D eigenvalue weighted by Crippen LogP contribution is -2.18. The number of nitriles is 1. The first-order chi connectivity index (χ1) is 20.3. The van der Waals surface area contributed by atoms with Crippen molar-refractivity contribution in [1.29, 1.82) is 5.26 Å². The predicted molar refractivity (Wildman–Crippen MR) is 174 cm³/mol. The van der Waals surface area contributed by atoms with E-state index in [1.54, 1.807) is 0 Å². The lowest BCUT2D eigenvalue weighted by Gasteiger charge is -2.26. The van der Waals surface area contributed by atoms with Crippen LogP contribution in [0.5, 0.6) is 0 Å². The molecule has 0 saturated heterocycles. The number of thiophene rings is 1. The van der Waals surface area contributed by atoms with Crippen LogP contribution in [0.3, 0.4) is 0 Å². The Morgan fingerprint density at radius 2 is 1.32 bits per heavy atom. The Bertz CT molecular complexity index is 2190. The van der Waals surface area contributed by atoms with E-state index < -0.39 is 0 Å². The molecule has 194 valence electrons. The van der Waals surface area contributed by atoms with Crippen molar-refractivity contribution in [3.8, 4) is 11.8 Å². The second-order valence-corrected chi connectivity index (χ2v) is 11.4. The van der Waals surface area contributed by atoms with Crippen molar-refractivity contribution < 1.29 is 0 Å². The molecule has 5 aromatic carbocycles. The minimum Gasteiger partial charge on any atom is -0.336 e. The molecule has 0 saturated carbocycles. The molecule has 0 aliphatic carbocycles. The van der Waals surface area contributed by atoms with Crippen LogP contribution in [0.4, 0.5) is 11.4 Å². The number of rotatable bonds is 2. The molecule has 0 spiro atoms. The van der Waals surface area contributed by atoms with Crippen LogP contribution in [0.1, 0.15) is 5.56 Å². The van der Waals surface area contributed by atoms with Crippen LogP contribution in [0.25, 0.3) is 47.7 Å². The average molecular weight is 544 g/mol. The van der Waals surface area contributed by atoms with Gasteiger partial charge >= 0.3 is 0 Å². The lowest BCUT2D eigenvalue weighted by molar-refractivity contribution is 1.08. The molecule has 0 fully saturated rings. The summed E-state index contributed by atoms with van der Waals surface area (Å²) in [5.74, 6) is 0. The van der Waals surface area contributed by atoms with Gasteiger partial charge in [0.2, 0.25) is 0 Å². The normalized spacial score (nSPS) is 13.6. The summed E-state index contributed by atoms with van der Waals surface area (Å²) in [7, 11) is 0. The highest BCUT2D eigenvalue weighted by molar-refractivity contribution is 7.26. The maximum absolute atomic E-state index is 9.72. The zero-order valence-electron chi connectivity index (χ0n) is 22.3. The zero-order chi connectivity index (χ0) is 27.3. The van der Waals surface area contributed by atoms with E-state index in [4.69, 9.17) is 0 Å². The smallest absolute Gasteiger partial charge is 0.0988 e. The van der Waals surface area contributed by atoms with Crippen LogP contribution in [0, 0.1) is 11.3 Å². The van der Waals surface area contributed by atoms with Crippen molar-refractivity contribution in [3.05, 3.63) is 139 Å². The molecule has 0 radical (unpaired) electrons. The summed E-state index contributed by atoms with van der Waals surface area (Å²) in [6.45, 7) is 0.622. The number of benzene rings is 5. The second kappa shape index (κ2) is 9.52. The van der Waals surface area contributed by atoms with Crippen LogP contribution in [0.2, 0.25) is 0 Å². The summed E-state index contributed by atoms with van der Waals surface area (Å²) >= 11 is 1.85. The molecule has 1 aliphatic rings. The van der Waals surface area contributed by atoms with Gasteiger partial charge in [-0.05, 0) is 60.5 Å². The van der Waals surface area contributed by atoms with Gasteiger partial charge in [-0.25, -0.2) is 0 Å². The van der Waals surface area contributed by atoms with Crippen LogP contribution in [-0.4, -0.2) is 11.1 Å². The van der Waals surface area contributed by atoms with E-state index in [1.807, 2.05) is 23.5 Å². The number of fused-ring (bicyclic) bond motifs is 7. The minimum atomic E-state index is 0.622. The Hall–Kier alpha value is -5.11. The molecular weight excluding hydrogens is 518 g/mol. The van der Waals surface area contributed by atoms with Gasteiger partial charge in [0.15, 0.2) is 0 Å². The van der Waals surface area contributed by atoms with Gasteiger partial charge in [-0.1, -0.05) is 78.9 Å². The largest absolute Gasteiger partial charge is 0.336 e. The third-order valence-electron chi connectivity index (χ3n) is 8.13. The van der Waals surface area contributed by atoms with E-state index in [9.17, 15) is 5.26 Å². The fourth-order valence-electron chi connectivity index (χ4n) is 6.32. The Kier molecular flexibility index (Phi) is 5.51. The van der Waals surface area contributed by atoms with Crippen LogP contribution >= 0.6 is 11.3 Å². The van der Waals surface area contributed by atoms with E-state index in [-0.39, 0.29) is 0 Å². The molecule has 0 atom stereocenters. The number of aromatic nitrogens is 1. The molecule has 4 heteroatoms. The third-order valence-corrected chi connectivity index (χ3v) is 9.33. The van der Waals surface area contributed by atoms with Gasteiger partial charge in [0.25, 0.3) is 0 Å². The van der Waals surface area contributed by atoms with E-state index in [2.05, 4.69) is 131 Å². The number of hydrogen-bond donors (Lipinski definition) is 0. The molecule has 3 nitrogen and oxygen atoms in total. The highest BCUT2D eigenvalue weighted by Gasteiger charge is 2.21. The summed E-state index contributed by atoms with van der Waals surface area (Å²) in [4.78, 5) is 2.37. The van der Waals surface area contributed by atoms with Crippen molar-refractivity contribution in [2.45, 2.75) is 6.42 Å². The number of anilines is 2. The molecule has 2 aromatic heterocycles. The summed E-state index contributed by atoms with van der Waals surface area (Å²) in [6.07, 6.45) is 6.86. The van der Waals surface area contributed by atoms with Crippen LogP contribution < -0.4 is 4.90 Å². The van der Waals surface area contributed by atoms with E-state index in [1.165, 1.54) is 64.6 Å². The Balaban J connectivity index is 1.41. The van der Waals surface area contributed by atoms with Crippen molar-refractivity contribution in [2.24, 2.45) is 0 Å². The molecule has 0 amide bonds. The minimum absolute atomic E-state index is 0.622. The van der Waals surface area contributed by atoms with Crippen molar-refractivity contribution in [1.82, 2.24) is 4.57 Å². The summed E-state index contributed by atoms with van der Waals surface area (Å²) < 4.78 is 4.94. The number of allylic oxidation sites excluding steroid dienone is 3. The molecule has 8 rings (SSSR count). The Labute approximate surface area is 242 Å². The molecule has 0 bridgehead atoms. The first-order valence-electron chi connectivity index (χ1n) is 13.9. The average Bonchev–Trinajstić information content (AvgIpc) is 3.59. The van der Waals surface area contributed by atoms with Gasteiger partial charge in [-0.15, -0.1) is 11.3 Å². The van der Waals surface area contributed by atoms with E-state index in [0.29, 0.717) is 12.1 Å². The molecule has 3 heterocycles. The first kappa shape index (κ1) is 23.7. The molecule has 7 aromatic rings. The Morgan fingerprint density at radius 1 is 0.659 bits per heavy atom. The summed E-state index contributed by atoms with van der Waals surface area (Å²) in [5, 5.41) is 14.8. The number of hydrogen-bond acceptors (Lipinski definition) is 3. The fourth-order valence-corrected chi connectivity index (χ4v) is 7.57. The van der Waals surface area contributed by atoms with Gasteiger partial charge in [-0.3, -0.25) is 0 Å². The van der Waals surface area contributed by atoms with Crippen molar-refractivity contribution in [3.63, 3.8) is 0 Å². The molecular formula is C37H25N3S. The second-order valence-electron chi connectivity index (χ2n) is 10.4. The maximum Gasteiger partial charge on any atom is 0.0988 e. The van der Waals surface area contributed by atoms with Gasteiger partial charge in [-0.2, -0.15) is 5.26 Å². The SMILES string of the molecule is N#CC1=CCN(c2cccc3c2sc2cccc(-n4c5ccccc5c5ccccc54)c23)c2ccccc2CC=C1. The van der Waals surface area contributed by atoms with Crippen LogP contribution in [0.15, 0.2) is 133 Å². The van der Waals surface area contributed by atoms with Crippen LogP contribution in [-0.2, 0) is 6.42 Å². The molecule has 0 N–H and O–H groups in total. The van der Waals surface area contributed by atoms with Gasteiger partial charge in [0.1, 0.15) is 0 Å². The Morgan fingerprint density at radius 3 is 2.12 bits per heavy atom. The molecule has 0 unspecified atom stereocenters. The monoisotopic (exact) mass is 543 g/mol. The maximum atomic E-state index is 9.72. The van der Waals surface area contributed by atoms with Gasteiger partial charge < -0.3 is 9.47 Å². The van der Waals surface area contributed by atoms with Crippen molar-refractivity contribution in [2.75, 3.05) is 11.4 Å². The highest BCUT2D eigenvalue weighted by Crippen LogP contribution is 2.45. The van der Waals surface area contributed by atoms with Gasteiger partial charge in [0, 0.05) is 44.1 Å². The quantitative estimate of drug-likeness (QED) is 0.217. The summed E-state index contributed by atoms with van der Waals surface area (Å²) in [5.41, 5.74) is 7.92. The zero-order valence-corrected chi connectivity index (χ0v) is 23.1. The summed E-state index contributed by atoms with van der Waals surface area (Å²) in [6, 6.07) is 41.7. The van der Waals surface area contributed by atoms with E-state index in [0.717, 1.165) is 6.42 Å².